The lowest BCUT2D eigenvalue weighted by molar-refractivity contribution is 0.116. The number of aliphatic hydroxyl groups excluding tert-OH is 2. The fourth-order valence-corrected chi connectivity index (χ4v) is 2.81. The molecule has 0 saturated carbocycles. The number of aryl methyl sites for hydroxylation is 1. The van der Waals surface area contributed by atoms with Gasteiger partial charge in [-0.2, -0.15) is 0 Å². The fourth-order valence-electron chi connectivity index (χ4n) is 2.05. The molecule has 0 bridgehead atoms. The predicted molar refractivity (Wildman–Crippen MR) is 72.8 cm³/mol. The number of hydrogen-bond acceptors (Lipinski definition) is 4. The Morgan fingerprint density at radius 3 is 2.61 bits per heavy atom. The molecule has 96 valence electrons. The molecule has 0 amide bonds. The molecule has 18 heavy (non-hydrogen) atoms. The van der Waals surface area contributed by atoms with E-state index in [1.54, 1.807) is 17.5 Å². The van der Waals surface area contributed by atoms with Crippen molar-refractivity contribution in [3.8, 4) is 0 Å². The van der Waals surface area contributed by atoms with Crippen LogP contribution < -0.4 is 0 Å². The molecular formula is C14H17NO2S. The van der Waals surface area contributed by atoms with Gasteiger partial charge in [-0.1, -0.05) is 29.8 Å². The van der Waals surface area contributed by atoms with Crippen molar-refractivity contribution in [3.63, 3.8) is 0 Å². The molecule has 1 aromatic carbocycles. The second-order valence-corrected chi connectivity index (χ2v) is 5.55. The summed E-state index contributed by atoms with van der Waals surface area (Å²) >= 11 is 1.55. The zero-order valence-electron chi connectivity index (χ0n) is 10.3. The number of hydrogen-bond donors (Lipinski definition) is 2. The summed E-state index contributed by atoms with van der Waals surface area (Å²) in [6.07, 6.45) is 2.30. The highest BCUT2D eigenvalue weighted by Gasteiger charge is 2.32. The van der Waals surface area contributed by atoms with Crippen molar-refractivity contribution in [2.75, 3.05) is 13.2 Å². The number of benzene rings is 1. The Labute approximate surface area is 111 Å². The topological polar surface area (TPSA) is 53.4 Å². The maximum atomic E-state index is 9.74. The largest absolute Gasteiger partial charge is 0.395 e. The van der Waals surface area contributed by atoms with Crippen LogP contribution in [0.2, 0.25) is 0 Å². The monoisotopic (exact) mass is 263 g/mol. The van der Waals surface area contributed by atoms with E-state index in [1.807, 2.05) is 36.6 Å². The first-order valence-corrected chi connectivity index (χ1v) is 6.75. The van der Waals surface area contributed by atoms with Crippen LogP contribution in [-0.4, -0.2) is 28.4 Å². The summed E-state index contributed by atoms with van der Waals surface area (Å²) in [5.74, 6) is 0. The minimum atomic E-state index is -0.649. The molecule has 0 unspecified atom stereocenters. The van der Waals surface area contributed by atoms with Crippen LogP contribution in [0.25, 0.3) is 0 Å². The highest BCUT2D eigenvalue weighted by atomic mass is 32.1. The van der Waals surface area contributed by atoms with E-state index in [4.69, 9.17) is 0 Å². The number of nitrogens with zero attached hydrogens (tertiary/aromatic N) is 1. The molecule has 0 saturated heterocycles. The van der Waals surface area contributed by atoms with Gasteiger partial charge in [0.05, 0.1) is 18.2 Å². The van der Waals surface area contributed by atoms with Gasteiger partial charge in [0, 0.05) is 23.4 Å². The Balaban J connectivity index is 2.37. The molecule has 3 nitrogen and oxygen atoms in total. The van der Waals surface area contributed by atoms with Crippen LogP contribution in [0.1, 0.15) is 16.1 Å². The first kappa shape index (κ1) is 13.2. The van der Waals surface area contributed by atoms with E-state index in [2.05, 4.69) is 4.98 Å². The summed E-state index contributed by atoms with van der Waals surface area (Å²) < 4.78 is 0. The van der Waals surface area contributed by atoms with Crippen molar-refractivity contribution in [2.45, 2.75) is 18.8 Å². The third-order valence-electron chi connectivity index (χ3n) is 3.21. The lowest BCUT2D eigenvalue weighted by Gasteiger charge is -2.29. The Bertz CT molecular complexity index is 492. The summed E-state index contributed by atoms with van der Waals surface area (Å²) in [6, 6.07) is 7.92. The lowest BCUT2D eigenvalue weighted by atomic mass is 9.78. The van der Waals surface area contributed by atoms with Gasteiger partial charge in [0.15, 0.2) is 0 Å². The van der Waals surface area contributed by atoms with Gasteiger partial charge in [-0.3, -0.25) is 0 Å². The van der Waals surface area contributed by atoms with Crippen LogP contribution in [0.3, 0.4) is 0 Å². The molecule has 4 heteroatoms. The van der Waals surface area contributed by atoms with Crippen molar-refractivity contribution in [1.29, 1.82) is 0 Å². The first-order valence-electron chi connectivity index (χ1n) is 5.87. The van der Waals surface area contributed by atoms with Crippen LogP contribution in [0.5, 0.6) is 0 Å². The molecule has 0 radical (unpaired) electrons. The highest BCUT2D eigenvalue weighted by molar-refractivity contribution is 7.09. The molecule has 1 heterocycles. The average Bonchev–Trinajstić information content (AvgIpc) is 2.89. The molecule has 0 aliphatic heterocycles. The van der Waals surface area contributed by atoms with E-state index in [1.165, 1.54) is 0 Å². The van der Waals surface area contributed by atoms with E-state index in [0.29, 0.717) is 6.42 Å². The van der Waals surface area contributed by atoms with Gasteiger partial charge in [-0.05, 0) is 12.5 Å². The van der Waals surface area contributed by atoms with E-state index >= 15 is 0 Å². The molecule has 2 rings (SSSR count). The third-order valence-corrected chi connectivity index (χ3v) is 3.99. The minimum absolute atomic E-state index is 0.0907. The molecule has 2 aromatic rings. The van der Waals surface area contributed by atoms with Gasteiger partial charge in [-0.15, -0.1) is 11.3 Å². The third kappa shape index (κ3) is 2.61. The molecule has 0 atom stereocenters. The van der Waals surface area contributed by atoms with E-state index in [-0.39, 0.29) is 13.2 Å². The van der Waals surface area contributed by atoms with Crippen molar-refractivity contribution in [3.05, 3.63) is 52.0 Å². The zero-order chi connectivity index (χ0) is 13.0. The standard InChI is InChI=1S/C14H17NO2S/c1-11-3-2-4-12(7-11)14(9-16,10-17)8-13-15-5-6-18-13/h2-7,16-17H,8-10H2,1H3. The average molecular weight is 263 g/mol. The molecule has 2 N–H and O–H groups in total. The Kier molecular flexibility index (Phi) is 4.11. The van der Waals surface area contributed by atoms with Crippen LogP contribution in [-0.2, 0) is 11.8 Å². The van der Waals surface area contributed by atoms with E-state index in [9.17, 15) is 10.2 Å². The van der Waals surface area contributed by atoms with Gasteiger partial charge >= 0.3 is 0 Å². The summed E-state index contributed by atoms with van der Waals surface area (Å²) in [7, 11) is 0. The molecule has 0 aliphatic carbocycles. The van der Waals surface area contributed by atoms with Crippen molar-refractivity contribution < 1.29 is 10.2 Å². The number of rotatable bonds is 5. The second kappa shape index (κ2) is 5.61. The quantitative estimate of drug-likeness (QED) is 0.866. The minimum Gasteiger partial charge on any atom is -0.395 e. The Morgan fingerprint density at radius 2 is 2.06 bits per heavy atom. The van der Waals surface area contributed by atoms with Gasteiger partial charge in [0.25, 0.3) is 0 Å². The zero-order valence-corrected chi connectivity index (χ0v) is 11.2. The molecular weight excluding hydrogens is 246 g/mol. The van der Waals surface area contributed by atoms with Crippen LogP contribution in [0.4, 0.5) is 0 Å². The predicted octanol–water partition coefficient (Wildman–Crippen LogP) is 1.92. The SMILES string of the molecule is Cc1cccc(C(CO)(CO)Cc2nccs2)c1. The van der Waals surface area contributed by atoms with Crippen LogP contribution in [0, 0.1) is 6.92 Å². The van der Waals surface area contributed by atoms with Crippen molar-refractivity contribution in [2.24, 2.45) is 0 Å². The van der Waals surface area contributed by atoms with Gasteiger partial charge in [0.1, 0.15) is 0 Å². The van der Waals surface area contributed by atoms with Crippen molar-refractivity contribution in [1.82, 2.24) is 4.98 Å². The number of aliphatic hydroxyl groups is 2. The van der Waals surface area contributed by atoms with Gasteiger partial charge in [-0.25, -0.2) is 4.98 Å². The number of thiazole rings is 1. The van der Waals surface area contributed by atoms with E-state index < -0.39 is 5.41 Å². The molecule has 1 aromatic heterocycles. The second-order valence-electron chi connectivity index (χ2n) is 4.57. The van der Waals surface area contributed by atoms with Gasteiger partial charge < -0.3 is 10.2 Å². The van der Waals surface area contributed by atoms with Gasteiger partial charge in [0.2, 0.25) is 0 Å². The number of aromatic nitrogens is 1. The summed E-state index contributed by atoms with van der Waals surface area (Å²) in [5.41, 5.74) is 1.43. The normalized spacial score (nSPS) is 11.7. The highest BCUT2D eigenvalue weighted by Crippen LogP contribution is 2.29. The summed E-state index contributed by atoms with van der Waals surface area (Å²) in [5, 5.41) is 22.3. The smallest absolute Gasteiger partial charge is 0.0935 e. The fraction of sp³-hybridized carbons (Fsp3) is 0.357. The molecule has 0 spiro atoms. The first-order chi connectivity index (χ1) is 8.70. The molecule has 0 aliphatic rings. The van der Waals surface area contributed by atoms with Crippen LogP contribution in [0.15, 0.2) is 35.8 Å². The maximum Gasteiger partial charge on any atom is 0.0935 e. The molecule has 0 fully saturated rings. The summed E-state index contributed by atoms with van der Waals surface area (Å²) in [4.78, 5) is 4.24. The summed E-state index contributed by atoms with van der Waals surface area (Å²) in [6.45, 7) is 1.82. The van der Waals surface area contributed by atoms with Crippen LogP contribution >= 0.6 is 11.3 Å². The lowest BCUT2D eigenvalue weighted by Crippen LogP contribution is -2.37. The Hall–Kier alpha value is -1.23. The Morgan fingerprint density at radius 1 is 1.28 bits per heavy atom. The van der Waals surface area contributed by atoms with Crippen molar-refractivity contribution >= 4 is 11.3 Å². The maximum absolute atomic E-state index is 9.74. The van der Waals surface area contributed by atoms with E-state index in [0.717, 1.165) is 16.1 Å².